The average Bonchev–Trinajstić information content (AvgIpc) is 3.02. The van der Waals surface area contributed by atoms with E-state index >= 15 is 0 Å². The molecule has 1 aromatic heterocycles. The summed E-state index contributed by atoms with van der Waals surface area (Å²) in [5.74, 6) is 0.518. The molecule has 3 rings (SSSR count). The van der Waals surface area contributed by atoms with Crippen LogP contribution >= 0.6 is 0 Å². The van der Waals surface area contributed by atoms with Crippen molar-refractivity contribution in [2.24, 2.45) is 0 Å². The number of aryl methyl sites for hydroxylation is 1. The number of nitrogens with one attached hydrogen (secondary N) is 1. The van der Waals surface area contributed by atoms with Gasteiger partial charge in [0.05, 0.1) is 24.5 Å². The van der Waals surface area contributed by atoms with Crippen LogP contribution in [0.1, 0.15) is 24.8 Å². The maximum Gasteiger partial charge on any atom is 0.262 e. The van der Waals surface area contributed by atoms with E-state index in [9.17, 15) is 4.79 Å². The molecule has 2 aromatic rings. The average molecular weight is 329 g/mol. The molecule has 0 radical (unpaired) electrons. The third-order valence-electron chi connectivity index (χ3n) is 4.03. The summed E-state index contributed by atoms with van der Waals surface area (Å²) in [4.78, 5) is 12.0. The first-order valence-electron chi connectivity index (χ1n) is 8.33. The molecule has 1 atom stereocenters. The second kappa shape index (κ2) is 7.97. The van der Waals surface area contributed by atoms with Crippen LogP contribution in [0.5, 0.6) is 5.75 Å². The molecular formula is C18H23N3O3. The highest BCUT2D eigenvalue weighted by molar-refractivity contribution is 5.91. The van der Waals surface area contributed by atoms with Crippen LogP contribution in [0.3, 0.4) is 0 Å². The molecule has 0 saturated carbocycles. The van der Waals surface area contributed by atoms with Gasteiger partial charge in [-0.25, -0.2) is 0 Å². The highest BCUT2D eigenvalue weighted by Gasteiger charge is 2.15. The maximum absolute atomic E-state index is 12.0. The van der Waals surface area contributed by atoms with Crippen molar-refractivity contribution in [3.05, 3.63) is 42.2 Å². The molecule has 1 aromatic carbocycles. The summed E-state index contributed by atoms with van der Waals surface area (Å²) in [7, 11) is 0. The molecule has 1 saturated heterocycles. The van der Waals surface area contributed by atoms with Gasteiger partial charge in [0, 0.05) is 12.8 Å². The first-order chi connectivity index (χ1) is 11.7. The summed E-state index contributed by atoms with van der Waals surface area (Å²) in [6, 6.07) is 7.62. The summed E-state index contributed by atoms with van der Waals surface area (Å²) in [6.45, 7) is 3.47. The predicted molar refractivity (Wildman–Crippen MR) is 91.1 cm³/mol. The minimum absolute atomic E-state index is 0.0260. The van der Waals surface area contributed by atoms with Gasteiger partial charge in [0.2, 0.25) is 0 Å². The lowest BCUT2D eigenvalue weighted by Gasteiger charge is -2.22. The van der Waals surface area contributed by atoms with Crippen LogP contribution in [0.25, 0.3) is 0 Å². The maximum atomic E-state index is 12.0. The van der Waals surface area contributed by atoms with Gasteiger partial charge in [0.15, 0.2) is 6.61 Å². The minimum atomic E-state index is -0.202. The number of hydrogen-bond acceptors (Lipinski definition) is 4. The van der Waals surface area contributed by atoms with Gasteiger partial charge < -0.3 is 14.8 Å². The summed E-state index contributed by atoms with van der Waals surface area (Å²) >= 11 is 0. The van der Waals surface area contributed by atoms with Gasteiger partial charge >= 0.3 is 0 Å². The standard InChI is InChI=1S/C18H23N3O3/c1-14-6-2-3-8-17(14)24-13-18(22)20-15-10-19-21(11-15)12-16-7-4-5-9-23-16/h2-3,6,8,10-11,16H,4-5,7,9,12-13H2,1H3,(H,20,22). The van der Waals surface area contributed by atoms with E-state index in [1.54, 1.807) is 6.20 Å². The monoisotopic (exact) mass is 329 g/mol. The van der Waals surface area contributed by atoms with Crippen LogP contribution in [0.15, 0.2) is 36.7 Å². The Kier molecular flexibility index (Phi) is 5.48. The van der Waals surface area contributed by atoms with E-state index < -0.39 is 0 Å². The Balaban J connectivity index is 1.47. The van der Waals surface area contributed by atoms with Gasteiger partial charge in [-0.05, 0) is 37.8 Å². The number of anilines is 1. The number of rotatable bonds is 6. The molecule has 1 aliphatic rings. The predicted octanol–water partition coefficient (Wildman–Crippen LogP) is 2.78. The Morgan fingerprint density at radius 3 is 3.08 bits per heavy atom. The van der Waals surface area contributed by atoms with Gasteiger partial charge in [0.25, 0.3) is 5.91 Å². The fourth-order valence-corrected chi connectivity index (χ4v) is 2.75. The molecule has 1 amide bonds. The van der Waals surface area contributed by atoms with Gasteiger partial charge in [-0.1, -0.05) is 18.2 Å². The van der Waals surface area contributed by atoms with Crippen LogP contribution < -0.4 is 10.1 Å². The summed E-state index contributed by atoms with van der Waals surface area (Å²) in [6.07, 6.45) is 7.08. The van der Waals surface area contributed by atoms with E-state index in [2.05, 4.69) is 10.4 Å². The number of aromatic nitrogens is 2. The second-order valence-electron chi connectivity index (χ2n) is 6.04. The second-order valence-corrected chi connectivity index (χ2v) is 6.04. The van der Waals surface area contributed by atoms with Gasteiger partial charge in [-0.15, -0.1) is 0 Å². The van der Waals surface area contributed by atoms with Crippen molar-refractivity contribution in [1.82, 2.24) is 9.78 Å². The van der Waals surface area contributed by atoms with E-state index in [1.165, 1.54) is 6.42 Å². The first kappa shape index (κ1) is 16.5. The van der Waals surface area contributed by atoms with Crippen molar-refractivity contribution in [3.8, 4) is 5.75 Å². The summed E-state index contributed by atoms with van der Waals surface area (Å²) < 4.78 is 13.1. The lowest BCUT2D eigenvalue weighted by Crippen LogP contribution is -2.24. The lowest BCUT2D eigenvalue weighted by atomic mass is 10.1. The molecule has 6 heteroatoms. The highest BCUT2D eigenvalue weighted by Crippen LogP contribution is 2.17. The number of para-hydroxylation sites is 1. The fraction of sp³-hybridized carbons (Fsp3) is 0.444. The van der Waals surface area contributed by atoms with Crippen molar-refractivity contribution in [2.75, 3.05) is 18.5 Å². The molecule has 24 heavy (non-hydrogen) atoms. The molecule has 1 aliphatic heterocycles. The molecule has 6 nitrogen and oxygen atoms in total. The molecule has 2 heterocycles. The third-order valence-corrected chi connectivity index (χ3v) is 4.03. The van der Waals surface area contributed by atoms with E-state index in [-0.39, 0.29) is 18.6 Å². The Labute approximate surface area is 141 Å². The number of nitrogens with zero attached hydrogens (tertiary/aromatic N) is 2. The number of carbonyl (C=O) groups is 1. The first-order valence-corrected chi connectivity index (χ1v) is 8.33. The van der Waals surface area contributed by atoms with Crippen molar-refractivity contribution < 1.29 is 14.3 Å². The third kappa shape index (κ3) is 4.58. The zero-order valence-electron chi connectivity index (χ0n) is 13.9. The van der Waals surface area contributed by atoms with Crippen molar-refractivity contribution in [1.29, 1.82) is 0 Å². The number of amides is 1. The van der Waals surface area contributed by atoms with Crippen molar-refractivity contribution in [3.63, 3.8) is 0 Å². The van der Waals surface area contributed by atoms with Crippen LogP contribution in [-0.2, 0) is 16.1 Å². The van der Waals surface area contributed by atoms with Crippen LogP contribution in [-0.4, -0.2) is 35.0 Å². The van der Waals surface area contributed by atoms with Crippen LogP contribution in [0.4, 0.5) is 5.69 Å². The van der Waals surface area contributed by atoms with Crippen LogP contribution in [0.2, 0.25) is 0 Å². The molecule has 128 valence electrons. The Hall–Kier alpha value is -2.34. The quantitative estimate of drug-likeness (QED) is 0.885. The molecule has 0 aliphatic carbocycles. The largest absolute Gasteiger partial charge is 0.483 e. The number of ether oxygens (including phenoxy) is 2. The lowest BCUT2D eigenvalue weighted by molar-refractivity contribution is -0.118. The summed E-state index contributed by atoms with van der Waals surface area (Å²) in [5, 5.41) is 7.08. The topological polar surface area (TPSA) is 65.4 Å². The van der Waals surface area contributed by atoms with E-state index in [4.69, 9.17) is 9.47 Å². The molecule has 1 fully saturated rings. The normalized spacial score (nSPS) is 17.5. The zero-order valence-corrected chi connectivity index (χ0v) is 13.9. The SMILES string of the molecule is Cc1ccccc1OCC(=O)Nc1cnn(CC2CCCCO2)c1. The van der Waals surface area contributed by atoms with E-state index in [0.29, 0.717) is 5.69 Å². The van der Waals surface area contributed by atoms with Gasteiger partial charge in [0.1, 0.15) is 5.75 Å². The molecular weight excluding hydrogens is 306 g/mol. The molecule has 1 unspecified atom stereocenters. The van der Waals surface area contributed by atoms with Crippen LogP contribution in [0, 0.1) is 6.92 Å². The molecule has 1 N–H and O–H groups in total. The Morgan fingerprint density at radius 1 is 1.42 bits per heavy atom. The van der Waals surface area contributed by atoms with Gasteiger partial charge in [-0.3, -0.25) is 9.48 Å². The molecule has 0 bridgehead atoms. The van der Waals surface area contributed by atoms with Crippen molar-refractivity contribution in [2.45, 2.75) is 38.8 Å². The number of hydrogen-bond donors (Lipinski definition) is 1. The Morgan fingerprint density at radius 2 is 2.29 bits per heavy atom. The van der Waals surface area contributed by atoms with Gasteiger partial charge in [-0.2, -0.15) is 5.10 Å². The van der Waals surface area contributed by atoms with E-state index in [0.717, 1.165) is 37.3 Å². The summed E-state index contributed by atoms with van der Waals surface area (Å²) in [5.41, 5.74) is 1.68. The number of carbonyl (C=O) groups excluding carboxylic acids is 1. The fourth-order valence-electron chi connectivity index (χ4n) is 2.75. The van der Waals surface area contributed by atoms with E-state index in [1.807, 2.05) is 42.1 Å². The Bertz CT molecular complexity index is 678. The zero-order chi connectivity index (χ0) is 16.8. The molecule has 0 spiro atoms. The highest BCUT2D eigenvalue weighted by atomic mass is 16.5. The smallest absolute Gasteiger partial charge is 0.262 e. The number of benzene rings is 1. The minimum Gasteiger partial charge on any atom is -0.483 e. The van der Waals surface area contributed by atoms with Crippen molar-refractivity contribution >= 4 is 11.6 Å².